The van der Waals surface area contributed by atoms with Gasteiger partial charge >= 0.3 is 0 Å². The molecule has 20 heavy (non-hydrogen) atoms. The molecule has 0 aliphatic carbocycles. The lowest BCUT2D eigenvalue weighted by atomic mass is 9.91. The first-order valence-corrected chi connectivity index (χ1v) is 7.80. The third-order valence-electron chi connectivity index (χ3n) is 3.56. The van der Waals surface area contributed by atoms with Crippen LogP contribution < -0.4 is 0 Å². The van der Waals surface area contributed by atoms with Gasteiger partial charge in [-0.15, -0.1) is 0 Å². The summed E-state index contributed by atoms with van der Waals surface area (Å²) in [7, 11) is 0. The Morgan fingerprint density at radius 2 is 2.00 bits per heavy atom. The molecule has 1 atom stereocenters. The van der Waals surface area contributed by atoms with Crippen molar-refractivity contribution in [3.63, 3.8) is 0 Å². The quantitative estimate of drug-likeness (QED) is 0.904. The van der Waals surface area contributed by atoms with Crippen molar-refractivity contribution >= 4 is 15.9 Å². The maximum atomic E-state index is 10.9. The van der Waals surface area contributed by atoms with Gasteiger partial charge in [0.15, 0.2) is 0 Å². The van der Waals surface area contributed by atoms with E-state index in [1.54, 1.807) is 0 Å². The molecule has 0 saturated carbocycles. The summed E-state index contributed by atoms with van der Waals surface area (Å²) in [6.07, 6.45) is 1.47. The van der Waals surface area contributed by atoms with E-state index in [4.69, 9.17) is 0 Å². The van der Waals surface area contributed by atoms with Crippen molar-refractivity contribution in [2.45, 2.75) is 45.8 Å². The number of aromatic nitrogens is 2. The molecule has 0 amide bonds. The van der Waals surface area contributed by atoms with Crippen LogP contribution in [0.15, 0.2) is 34.8 Å². The van der Waals surface area contributed by atoms with Gasteiger partial charge in [-0.05, 0) is 38.0 Å². The second kappa shape index (κ2) is 6.10. The molecule has 0 saturated heterocycles. The minimum absolute atomic E-state index is 0.552. The van der Waals surface area contributed by atoms with Gasteiger partial charge in [0, 0.05) is 23.1 Å². The SMILES string of the molecule is CCc1cc(CC(C)(O)c2ccccc2Br)n(CC)n1. The van der Waals surface area contributed by atoms with Crippen LogP contribution in [-0.4, -0.2) is 14.9 Å². The van der Waals surface area contributed by atoms with Crippen LogP contribution in [0.3, 0.4) is 0 Å². The first-order valence-electron chi connectivity index (χ1n) is 7.01. The molecule has 0 fully saturated rings. The summed E-state index contributed by atoms with van der Waals surface area (Å²) in [4.78, 5) is 0. The number of hydrogen-bond acceptors (Lipinski definition) is 2. The average Bonchev–Trinajstić information content (AvgIpc) is 2.80. The molecule has 0 spiro atoms. The maximum Gasteiger partial charge on any atom is 0.0934 e. The van der Waals surface area contributed by atoms with Crippen molar-refractivity contribution in [3.05, 3.63) is 51.8 Å². The fraction of sp³-hybridized carbons (Fsp3) is 0.438. The van der Waals surface area contributed by atoms with E-state index in [9.17, 15) is 5.11 Å². The van der Waals surface area contributed by atoms with Crippen LogP contribution in [0.25, 0.3) is 0 Å². The maximum absolute atomic E-state index is 10.9. The Kier molecular flexibility index (Phi) is 4.66. The van der Waals surface area contributed by atoms with Crippen LogP contribution >= 0.6 is 15.9 Å². The molecule has 0 aliphatic heterocycles. The fourth-order valence-electron chi connectivity index (χ4n) is 2.45. The van der Waals surface area contributed by atoms with Crippen molar-refractivity contribution in [2.75, 3.05) is 0 Å². The highest BCUT2D eigenvalue weighted by Crippen LogP contribution is 2.31. The second-order valence-electron chi connectivity index (χ2n) is 5.23. The summed E-state index contributed by atoms with van der Waals surface area (Å²) in [5.74, 6) is 0. The van der Waals surface area contributed by atoms with Gasteiger partial charge in [0.2, 0.25) is 0 Å². The summed E-state index contributed by atoms with van der Waals surface area (Å²) < 4.78 is 2.91. The van der Waals surface area contributed by atoms with Crippen molar-refractivity contribution in [3.8, 4) is 0 Å². The molecule has 4 heteroatoms. The molecule has 108 valence electrons. The predicted molar refractivity (Wildman–Crippen MR) is 84.7 cm³/mol. The molecule has 1 heterocycles. The lowest BCUT2D eigenvalue weighted by Gasteiger charge is -2.25. The standard InChI is InChI=1S/C16H21BrN2O/c1-4-12-10-13(19(5-2)18-12)11-16(3,20)14-8-6-7-9-15(14)17/h6-10,20H,4-5,11H2,1-3H3. The number of rotatable bonds is 5. The lowest BCUT2D eigenvalue weighted by molar-refractivity contribution is 0.0546. The van der Waals surface area contributed by atoms with Crippen molar-refractivity contribution < 1.29 is 5.11 Å². The molecule has 0 radical (unpaired) electrons. The van der Waals surface area contributed by atoms with Crippen LogP contribution in [0.1, 0.15) is 37.7 Å². The van der Waals surface area contributed by atoms with E-state index in [1.165, 1.54) is 0 Å². The highest BCUT2D eigenvalue weighted by atomic mass is 79.9. The average molecular weight is 337 g/mol. The van der Waals surface area contributed by atoms with Crippen molar-refractivity contribution in [2.24, 2.45) is 0 Å². The minimum Gasteiger partial charge on any atom is -0.385 e. The Morgan fingerprint density at radius 1 is 1.30 bits per heavy atom. The van der Waals surface area contributed by atoms with Crippen LogP contribution in [-0.2, 0) is 25.0 Å². The van der Waals surface area contributed by atoms with Gasteiger partial charge in [0.05, 0.1) is 11.3 Å². The van der Waals surface area contributed by atoms with E-state index in [2.05, 4.69) is 40.9 Å². The van der Waals surface area contributed by atoms with Gasteiger partial charge in [-0.2, -0.15) is 5.10 Å². The van der Waals surface area contributed by atoms with Gasteiger partial charge in [0.25, 0.3) is 0 Å². The number of aliphatic hydroxyl groups is 1. The van der Waals surface area contributed by atoms with Crippen molar-refractivity contribution in [1.29, 1.82) is 0 Å². The molecule has 3 nitrogen and oxygen atoms in total. The number of benzene rings is 1. The van der Waals surface area contributed by atoms with E-state index < -0.39 is 5.60 Å². The highest BCUT2D eigenvalue weighted by molar-refractivity contribution is 9.10. The largest absolute Gasteiger partial charge is 0.385 e. The fourth-order valence-corrected chi connectivity index (χ4v) is 3.16. The van der Waals surface area contributed by atoms with Gasteiger partial charge in [-0.1, -0.05) is 41.1 Å². The second-order valence-corrected chi connectivity index (χ2v) is 6.08. The normalized spacial score (nSPS) is 14.2. The van der Waals surface area contributed by atoms with E-state index in [-0.39, 0.29) is 0 Å². The number of nitrogens with zero attached hydrogens (tertiary/aromatic N) is 2. The zero-order valence-electron chi connectivity index (χ0n) is 12.2. The first-order chi connectivity index (χ1) is 9.47. The molecular weight excluding hydrogens is 316 g/mol. The summed E-state index contributed by atoms with van der Waals surface area (Å²) in [5, 5.41) is 15.4. The van der Waals surface area contributed by atoms with Gasteiger partial charge < -0.3 is 5.11 Å². The molecule has 1 aromatic heterocycles. The molecular formula is C16H21BrN2O. The Morgan fingerprint density at radius 3 is 2.60 bits per heavy atom. The Labute approximate surface area is 128 Å². The highest BCUT2D eigenvalue weighted by Gasteiger charge is 2.27. The van der Waals surface area contributed by atoms with Crippen LogP contribution in [0, 0.1) is 0 Å². The monoisotopic (exact) mass is 336 g/mol. The smallest absolute Gasteiger partial charge is 0.0934 e. The lowest BCUT2D eigenvalue weighted by Crippen LogP contribution is -2.26. The summed E-state index contributed by atoms with van der Waals surface area (Å²) in [6.45, 7) is 6.84. The zero-order valence-corrected chi connectivity index (χ0v) is 13.8. The molecule has 0 aliphatic rings. The van der Waals surface area contributed by atoms with Gasteiger partial charge in [0.1, 0.15) is 0 Å². The van der Waals surface area contributed by atoms with Crippen LogP contribution in [0.2, 0.25) is 0 Å². The molecule has 1 N–H and O–H groups in total. The number of aryl methyl sites for hydroxylation is 2. The predicted octanol–water partition coefficient (Wildman–Crippen LogP) is 3.68. The third-order valence-corrected chi connectivity index (χ3v) is 4.25. The van der Waals surface area contributed by atoms with E-state index in [0.717, 1.165) is 34.4 Å². The summed E-state index contributed by atoms with van der Waals surface area (Å²) >= 11 is 3.52. The zero-order chi connectivity index (χ0) is 14.8. The Hall–Kier alpha value is -1.13. The third kappa shape index (κ3) is 3.13. The molecule has 1 unspecified atom stereocenters. The Balaban J connectivity index is 2.33. The summed E-state index contributed by atoms with van der Waals surface area (Å²) in [5.41, 5.74) is 2.13. The molecule has 2 rings (SSSR count). The van der Waals surface area contributed by atoms with Gasteiger partial charge in [-0.25, -0.2) is 0 Å². The van der Waals surface area contributed by atoms with E-state index in [1.807, 2.05) is 35.9 Å². The molecule has 0 bridgehead atoms. The van der Waals surface area contributed by atoms with E-state index in [0.29, 0.717) is 6.42 Å². The van der Waals surface area contributed by atoms with Crippen molar-refractivity contribution in [1.82, 2.24) is 9.78 Å². The molecule has 2 aromatic rings. The first kappa shape index (κ1) is 15.3. The Bertz CT molecular complexity index is 590. The van der Waals surface area contributed by atoms with Gasteiger partial charge in [-0.3, -0.25) is 4.68 Å². The minimum atomic E-state index is -0.919. The number of halogens is 1. The van der Waals surface area contributed by atoms with Crippen LogP contribution in [0.4, 0.5) is 0 Å². The number of hydrogen-bond donors (Lipinski definition) is 1. The van der Waals surface area contributed by atoms with E-state index >= 15 is 0 Å². The molecule has 1 aromatic carbocycles. The topological polar surface area (TPSA) is 38.0 Å². The summed E-state index contributed by atoms with van der Waals surface area (Å²) in [6, 6.07) is 9.91. The van der Waals surface area contributed by atoms with Crippen LogP contribution in [0.5, 0.6) is 0 Å².